The molecule has 0 aliphatic rings. The van der Waals surface area contributed by atoms with Crippen molar-refractivity contribution in [2.75, 3.05) is 13.1 Å². The molecule has 2 rings (SSSR count). The third-order valence-corrected chi connectivity index (χ3v) is 4.47. The number of guanidine groups is 1. The van der Waals surface area contributed by atoms with Crippen LogP contribution in [-0.2, 0) is 0 Å². The molecule has 3 unspecified atom stereocenters. The van der Waals surface area contributed by atoms with E-state index in [0.717, 1.165) is 0 Å². The van der Waals surface area contributed by atoms with Crippen molar-refractivity contribution in [3.8, 4) is 0 Å². The van der Waals surface area contributed by atoms with Crippen molar-refractivity contribution in [1.29, 1.82) is 0 Å². The van der Waals surface area contributed by atoms with Crippen LogP contribution in [0.3, 0.4) is 0 Å². The van der Waals surface area contributed by atoms with Crippen LogP contribution in [0.15, 0.2) is 59.6 Å². The Morgan fingerprint density at radius 3 is 2.38 bits per heavy atom. The average molecular weight is 357 g/mol. The molecule has 0 aliphatic heterocycles. The Balaban J connectivity index is 2.03. The maximum Gasteiger partial charge on any atom is 0.191 e. The molecule has 0 aliphatic carbocycles. The normalized spacial score (nSPS) is 15.2. The van der Waals surface area contributed by atoms with E-state index in [1.807, 2.05) is 25.1 Å². The summed E-state index contributed by atoms with van der Waals surface area (Å²) in [4.78, 5) is 4.42. The van der Waals surface area contributed by atoms with Gasteiger partial charge >= 0.3 is 0 Å². The fraction of sp³-hybridized carbons (Fsp3) is 0.381. The molecule has 3 N–H and O–H groups in total. The maximum atomic E-state index is 13.8. The molecular formula is C21H28FN3O. The molecule has 140 valence electrons. The lowest BCUT2D eigenvalue weighted by Crippen LogP contribution is -2.44. The molecule has 0 amide bonds. The van der Waals surface area contributed by atoms with E-state index in [9.17, 15) is 9.50 Å². The lowest BCUT2D eigenvalue weighted by molar-refractivity contribution is 0.182. The standard InChI is InChI=1S/C21H28FN3O/c1-4-23-21(24-14-20(26)18-12-8-9-13-19(18)22)25-16(3)15(2)17-10-6-5-7-11-17/h5-13,15-16,20,26H,4,14H2,1-3H3,(H2,23,24,25). The highest BCUT2D eigenvalue weighted by atomic mass is 19.1. The van der Waals surface area contributed by atoms with Crippen molar-refractivity contribution in [2.45, 2.75) is 38.8 Å². The Labute approximate surface area is 155 Å². The van der Waals surface area contributed by atoms with Crippen LogP contribution < -0.4 is 10.6 Å². The average Bonchev–Trinajstić information content (AvgIpc) is 2.66. The van der Waals surface area contributed by atoms with Crippen LogP contribution in [0, 0.1) is 5.82 Å². The topological polar surface area (TPSA) is 56.7 Å². The minimum atomic E-state index is -0.978. The molecule has 0 aromatic heterocycles. The van der Waals surface area contributed by atoms with E-state index in [2.05, 4.69) is 41.6 Å². The molecule has 0 saturated carbocycles. The molecule has 5 heteroatoms. The third kappa shape index (κ3) is 5.56. The van der Waals surface area contributed by atoms with E-state index in [4.69, 9.17) is 0 Å². The minimum absolute atomic E-state index is 0.0860. The van der Waals surface area contributed by atoms with Gasteiger partial charge in [0, 0.05) is 24.1 Å². The quantitative estimate of drug-likeness (QED) is 0.524. The van der Waals surface area contributed by atoms with Crippen molar-refractivity contribution in [3.63, 3.8) is 0 Å². The molecule has 3 atom stereocenters. The number of benzene rings is 2. The highest BCUT2D eigenvalue weighted by Crippen LogP contribution is 2.19. The van der Waals surface area contributed by atoms with Crippen LogP contribution in [-0.4, -0.2) is 30.2 Å². The van der Waals surface area contributed by atoms with Crippen molar-refractivity contribution < 1.29 is 9.50 Å². The largest absolute Gasteiger partial charge is 0.386 e. The summed E-state index contributed by atoms with van der Waals surface area (Å²) in [6.45, 7) is 7.02. The Morgan fingerprint density at radius 2 is 1.73 bits per heavy atom. The van der Waals surface area contributed by atoms with Gasteiger partial charge in [-0.25, -0.2) is 4.39 Å². The van der Waals surface area contributed by atoms with Crippen molar-refractivity contribution in [1.82, 2.24) is 10.6 Å². The van der Waals surface area contributed by atoms with Gasteiger partial charge in [-0.3, -0.25) is 4.99 Å². The predicted molar refractivity (Wildman–Crippen MR) is 105 cm³/mol. The molecule has 0 bridgehead atoms. The van der Waals surface area contributed by atoms with Gasteiger partial charge in [0.1, 0.15) is 11.9 Å². The smallest absolute Gasteiger partial charge is 0.191 e. The minimum Gasteiger partial charge on any atom is -0.386 e. The Morgan fingerprint density at radius 1 is 1.08 bits per heavy atom. The number of nitrogens with zero attached hydrogens (tertiary/aromatic N) is 1. The second-order valence-corrected chi connectivity index (χ2v) is 6.39. The maximum absolute atomic E-state index is 13.8. The summed E-state index contributed by atoms with van der Waals surface area (Å²) in [7, 11) is 0. The van der Waals surface area contributed by atoms with E-state index in [-0.39, 0.29) is 24.1 Å². The van der Waals surface area contributed by atoms with E-state index in [1.54, 1.807) is 18.2 Å². The summed E-state index contributed by atoms with van der Waals surface area (Å²) in [5.41, 5.74) is 1.51. The van der Waals surface area contributed by atoms with E-state index in [1.165, 1.54) is 11.6 Å². The fourth-order valence-electron chi connectivity index (χ4n) is 2.73. The zero-order chi connectivity index (χ0) is 18.9. The number of aliphatic imine (C=N–C) groups is 1. The Bertz CT molecular complexity index is 705. The zero-order valence-electron chi connectivity index (χ0n) is 15.6. The number of aliphatic hydroxyl groups excluding tert-OH is 1. The zero-order valence-corrected chi connectivity index (χ0v) is 15.6. The number of halogens is 1. The van der Waals surface area contributed by atoms with Gasteiger partial charge in [-0.1, -0.05) is 55.5 Å². The second-order valence-electron chi connectivity index (χ2n) is 6.39. The van der Waals surface area contributed by atoms with Gasteiger partial charge in [0.15, 0.2) is 5.96 Å². The third-order valence-electron chi connectivity index (χ3n) is 4.47. The number of aliphatic hydroxyl groups is 1. The molecule has 0 radical (unpaired) electrons. The van der Waals surface area contributed by atoms with E-state index >= 15 is 0 Å². The number of hydrogen-bond donors (Lipinski definition) is 3. The van der Waals surface area contributed by atoms with Crippen molar-refractivity contribution in [3.05, 3.63) is 71.5 Å². The van der Waals surface area contributed by atoms with E-state index < -0.39 is 11.9 Å². The van der Waals surface area contributed by atoms with Crippen LogP contribution in [0.4, 0.5) is 4.39 Å². The van der Waals surface area contributed by atoms with Gasteiger partial charge in [-0.2, -0.15) is 0 Å². The molecule has 0 fully saturated rings. The first-order valence-corrected chi connectivity index (χ1v) is 9.05. The van der Waals surface area contributed by atoms with Crippen LogP contribution in [0.5, 0.6) is 0 Å². The molecule has 2 aromatic carbocycles. The molecule has 4 nitrogen and oxygen atoms in total. The molecular weight excluding hydrogens is 329 g/mol. The second kappa shape index (κ2) is 9.92. The first-order chi connectivity index (χ1) is 12.5. The first-order valence-electron chi connectivity index (χ1n) is 9.05. The van der Waals surface area contributed by atoms with Crippen LogP contribution in [0.1, 0.15) is 43.9 Å². The monoisotopic (exact) mass is 357 g/mol. The molecule has 0 heterocycles. The number of rotatable bonds is 7. The lowest BCUT2D eigenvalue weighted by Gasteiger charge is -2.24. The first kappa shape index (κ1) is 19.9. The van der Waals surface area contributed by atoms with Crippen LogP contribution >= 0.6 is 0 Å². The van der Waals surface area contributed by atoms with Gasteiger partial charge in [-0.05, 0) is 25.5 Å². The molecule has 26 heavy (non-hydrogen) atoms. The summed E-state index contributed by atoms with van der Waals surface area (Å²) < 4.78 is 13.8. The Hall–Kier alpha value is -2.40. The molecule has 2 aromatic rings. The predicted octanol–water partition coefficient (Wildman–Crippen LogP) is 3.61. The summed E-state index contributed by atoms with van der Waals surface area (Å²) in [5.74, 6) is 0.481. The van der Waals surface area contributed by atoms with Crippen LogP contribution in [0.2, 0.25) is 0 Å². The number of hydrogen-bond acceptors (Lipinski definition) is 2. The SMILES string of the molecule is CCNC(=NCC(O)c1ccccc1F)NC(C)C(C)c1ccccc1. The number of nitrogens with one attached hydrogen (secondary N) is 2. The summed E-state index contributed by atoms with van der Waals surface area (Å²) in [6, 6.07) is 16.6. The van der Waals surface area contributed by atoms with Gasteiger partial charge in [0.25, 0.3) is 0 Å². The van der Waals surface area contributed by atoms with Gasteiger partial charge in [-0.15, -0.1) is 0 Å². The molecule has 0 spiro atoms. The highest BCUT2D eigenvalue weighted by molar-refractivity contribution is 5.80. The van der Waals surface area contributed by atoms with E-state index in [0.29, 0.717) is 12.5 Å². The van der Waals surface area contributed by atoms with Crippen molar-refractivity contribution >= 4 is 5.96 Å². The fourth-order valence-corrected chi connectivity index (χ4v) is 2.73. The summed E-state index contributed by atoms with van der Waals surface area (Å²) >= 11 is 0. The highest BCUT2D eigenvalue weighted by Gasteiger charge is 2.16. The van der Waals surface area contributed by atoms with Gasteiger partial charge in [0.2, 0.25) is 0 Å². The Kier molecular flexibility index (Phi) is 7.60. The van der Waals surface area contributed by atoms with Gasteiger partial charge < -0.3 is 15.7 Å². The molecule has 0 saturated heterocycles. The van der Waals surface area contributed by atoms with Crippen molar-refractivity contribution in [2.24, 2.45) is 4.99 Å². The van der Waals surface area contributed by atoms with Gasteiger partial charge in [0.05, 0.1) is 6.54 Å². The van der Waals surface area contributed by atoms with Crippen LogP contribution in [0.25, 0.3) is 0 Å². The summed E-state index contributed by atoms with van der Waals surface area (Å²) in [6.07, 6.45) is -0.978. The summed E-state index contributed by atoms with van der Waals surface area (Å²) in [5, 5.41) is 16.8. The lowest BCUT2D eigenvalue weighted by atomic mass is 9.94.